The molecule has 1 fully saturated rings. The molecule has 1 aromatic carbocycles. The summed E-state index contributed by atoms with van der Waals surface area (Å²) in [5, 5.41) is 2.62. The lowest BCUT2D eigenvalue weighted by Crippen LogP contribution is -2.58. The summed E-state index contributed by atoms with van der Waals surface area (Å²) >= 11 is 9.35. The number of carbonyl (C=O) groups excluding carboxylic acids is 3. The molecule has 0 bridgehead atoms. The average Bonchev–Trinajstić information content (AvgIpc) is 2.35. The van der Waals surface area contributed by atoms with Crippen LogP contribution in [0.4, 0.5) is 10.5 Å². The molecule has 4 amide bonds. The number of imide groups is 2. The number of halogens is 2. The highest BCUT2D eigenvalue weighted by molar-refractivity contribution is 9.10. The zero-order valence-corrected chi connectivity index (χ0v) is 13.2. The molecule has 1 heterocycles. The molecule has 0 aromatic heterocycles. The number of aryl methyl sites for hydroxylation is 1. The monoisotopic (exact) mass is 358 g/mol. The molecule has 1 aliphatic heterocycles. The quantitative estimate of drug-likeness (QED) is 0.825. The summed E-state index contributed by atoms with van der Waals surface area (Å²) < 4.78 is 0.562. The molecule has 2 rings (SSSR count). The van der Waals surface area contributed by atoms with Gasteiger partial charge >= 0.3 is 6.03 Å². The Morgan fingerprint density at radius 1 is 1.35 bits per heavy atom. The van der Waals surface area contributed by atoms with E-state index in [4.69, 9.17) is 11.6 Å². The molecule has 0 spiro atoms. The van der Waals surface area contributed by atoms with E-state index in [0.717, 1.165) is 10.5 Å². The van der Waals surface area contributed by atoms with Gasteiger partial charge in [-0.15, -0.1) is 0 Å². The molecule has 0 saturated carbocycles. The second-order valence-electron chi connectivity index (χ2n) is 4.48. The van der Waals surface area contributed by atoms with Gasteiger partial charge < -0.3 is 0 Å². The van der Waals surface area contributed by atoms with Gasteiger partial charge in [-0.1, -0.05) is 18.5 Å². The number of amides is 4. The second-order valence-corrected chi connectivity index (χ2v) is 5.74. The van der Waals surface area contributed by atoms with Crippen LogP contribution in [0.2, 0.25) is 5.02 Å². The normalized spacial score (nSPS) is 19.3. The molecule has 7 heteroatoms. The van der Waals surface area contributed by atoms with Crippen molar-refractivity contribution in [3.05, 3.63) is 27.2 Å². The van der Waals surface area contributed by atoms with Crippen molar-refractivity contribution in [2.24, 2.45) is 5.92 Å². The van der Waals surface area contributed by atoms with Gasteiger partial charge in [-0.05, 0) is 47.0 Å². The van der Waals surface area contributed by atoms with Gasteiger partial charge in [-0.3, -0.25) is 14.9 Å². The Balaban J connectivity index is 2.50. The Bertz CT molecular complexity index is 618. The summed E-state index contributed by atoms with van der Waals surface area (Å²) in [6, 6.07) is 2.49. The summed E-state index contributed by atoms with van der Waals surface area (Å²) in [5.74, 6) is -1.96. The molecule has 1 aliphatic rings. The average molecular weight is 360 g/mol. The van der Waals surface area contributed by atoms with Crippen LogP contribution in [0, 0.1) is 12.8 Å². The van der Waals surface area contributed by atoms with Gasteiger partial charge in [0, 0.05) is 9.50 Å². The largest absolute Gasteiger partial charge is 0.335 e. The molecule has 1 atom stereocenters. The zero-order chi connectivity index (χ0) is 15.0. The lowest BCUT2D eigenvalue weighted by atomic mass is 10.0. The predicted octanol–water partition coefficient (Wildman–Crippen LogP) is 3.02. The molecule has 1 unspecified atom stereocenters. The van der Waals surface area contributed by atoms with Gasteiger partial charge in [0.2, 0.25) is 11.8 Å². The van der Waals surface area contributed by atoms with Crippen molar-refractivity contribution in [1.82, 2.24) is 5.32 Å². The fourth-order valence-electron chi connectivity index (χ4n) is 2.01. The second kappa shape index (κ2) is 5.54. The van der Waals surface area contributed by atoms with Gasteiger partial charge in [-0.2, -0.15) is 0 Å². The van der Waals surface area contributed by atoms with Crippen LogP contribution >= 0.6 is 27.5 Å². The fraction of sp³-hybridized carbons (Fsp3) is 0.308. The van der Waals surface area contributed by atoms with Gasteiger partial charge in [0.25, 0.3) is 0 Å². The summed E-state index contributed by atoms with van der Waals surface area (Å²) in [7, 11) is 0. The van der Waals surface area contributed by atoms with Gasteiger partial charge in [0.15, 0.2) is 0 Å². The summed E-state index contributed by atoms with van der Waals surface area (Å²) in [6.07, 6.45) is 0.325. The lowest BCUT2D eigenvalue weighted by Gasteiger charge is -2.30. The van der Waals surface area contributed by atoms with Crippen LogP contribution in [-0.4, -0.2) is 17.8 Å². The first-order valence-electron chi connectivity index (χ1n) is 6.01. The molecule has 106 valence electrons. The van der Waals surface area contributed by atoms with Crippen molar-refractivity contribution in [1.29, 1.82) is 0 Å². The maximum absolute atomic E-state index is 12.3. The van der Waals surface area contributed by atoms with Crippen LogP contribution in [0.5, 0.6) is 0 Å². The Labute approximate surface area is 129 Å². The van der Waals surface area contributed by atoms with Crippen LogP contribution in [-0.2, 0) is 9.59 Å². The van der Waals surface area contributed by atoms with E-state index in [1.54, 1.807) is 13.0 Å². The molecule has 0 radical (unpaired) electrons. The standard InChI is InChI=1S/C13H12BrClN2O3/c1-3-7-11(18)16-13(20)17(12(7)19)10-5-9(15)6(2)4-8(10)14/h4-5,7H,3H2,1-2H3,(H,16,18,20). The predicted molar refractivity (Wildman–Crippen MR) is 78.7 cm³/mol. The Morgan fingerprint density at radius 2 is 2.00 bits per heavy atom. The third-order valence-electron chi connectivity index (χ3n) is 3.15. The first kappa shape index (κ1) is 15.0. The highest BCUT2D eigenvalue weighted by Gasteiger charge is 2.40. The summed E-state index contributed by atoms with van der Waals surface area (Å²) in [5.41, 5.74) is 1.14. The van der Waals surface area contributed by atoms with E-state index in [0.29, 0.717) is 21.6 Å². The molecule has 20 heavy (non-hydrogen) atoms. The maximum atomic E-state index is 12.3. The molecule has 1 saturated heterocycles. The van der Waals surface area contributed by atoms with E-state index in [-0.39, 0.29) is 0 Å². The minimum Gasteiger partial charge on any atom is -0.277 e. The molecule has 0 aliphatic carbocycles. The van der Waals surface area contributed by atoms with Crippen molar-refractivity contribution >= 4 is 51.1 Å². The minimum atomic E-state index is -0.861. The van der Waals surface area contributed by atoms with Crippen molar-refractivity contribution in [3.63, 3.8) is 0 Å². The number of rotatable bonds is 2. The smallest absolute Gasteiger partial charge is 0.277 e. The van der Waals surface area contributed by atoms with Gasteiger partial charge in [-0.25, -0.2) is 9.69 Å². The Kier molecular flexibility index (Phi) is 4.15. The minimum absolute atomic E-state index is 0.325. The Hall–Kier alpha value is -1.40. The number of anilines is 1. The van der Waals surface area contributed by atoms with Crippen molar-refractivity contribution in [3.8, 4) is 0 Å². The number of hydrogen-bond donors (Lipinski definition) is 1. The molecule has 5 nitrogen and oxygen atoms in total. The number of nitrogens with one attached hydrogen (secondary N) is 1. The number of carbonyl (C=O) groups is 3. The van der Waals surface area contributed by atoms with E-state index in [2.05, 4.69) is 21.2 Å². The third-order valence-corrected chi connectivity index (χ3v) is 4.19. The highest BCUT2D eigenvalue weighted by atomic mass is 79.9. The topological polar surface area (TPSA) is 66.5 Å². The van der Waals surface area contributed by atoms with Crippen molar-refractivity contribution in [2.75, 3.05) is 4.90 Å². The zero-order valence-electron chi connectivity index (χ0n) is 10.9. The van der Waals surface area contributed by atoms with E-state index in [1.165, 1.54) is 6.07 Å². The van der Waals surface area contributed by atoms with E-state index in [1.807, 2.05) is 6.92 Å². The van der Waals surface area contributed by atoms with Crippen LogP contribution < -0.4 is 10.2 Å². The van der Waals surface area contributed by atoms with Gasteiger partial charge in [0.05, 0.1) is 5.69 Å². The van der Waals surface area contributed by atoms with E-state index in [9.17, 15) is 14.4 Å². The van der Waals surface area contributed by atoms with E-state index < -0.39 is 23.8 Å². The number of hydrogen-bond acceptors (Lipinski definition) is 3. The number of urea groups is 1. The van der Waals surface area contributed by atoms with Crippen LogP contribution in [0.15, 0.2) is 16.6 Å². The number of benzene rings is 1. The van der Waals surface area contributed by atoms with Crippen molar-refractivity contribution in [2.45, 2.75) is 20.3 Å². The van der Waals surface area contributed by atoms with Gasteiger partial charge in [0.1, 0.15) is 5.92 Å². The molecule has 1 aromatic rings. The fourth-order valence-corrected chi connectivity index (χ4v) is 2.80. The number of barbiturate groups is 1. The van der Waals surface area contributed by atoms with Crippen LogP contribution in [0.3, 0.4) is 0 Å². The first-order chi connectivity index (χ1) is 9.36. The van der Waals surface area contributed by atoms with Crippen LogP contribution in [0.25, 0.3) is 0 Å². The molecular formula is C13H12BrClN2O3. The molecule has 1 N–H and O–H groups in total. The highest BCUT2D eigenvalue weighted by Crippen LogP contribution is 2.34. The lowest BCUT2D eigenvalue weighted by molar-refractivity contribution is -0.134. The summed E-state index contributed by atoms with van der Waals surface area (Å²) in [6.45, 7) is 3.53. The third kappa shape index (κ3) is 2.45. The number of nitrogens with zero attached hydrogens (tertiary/aromatic N) is 1. The van der Waals surface area contributed by atoms with E-state index >= 15 is 0 Å². The van der Waals surface area contributed by atoms with Crippen LogP contribution in [0.1, 0.15) is 18.9 Å². The summed E-state index contributed by atoms with van der Waals surface area (Å²) in [4.78, 5) is 36.8. The Morgan fingerprint density at radius 3 is 2.60 bits per heavy atom. The van der Waals surface area contributed by atoms with Crippen molar-refractivity contribution < 1.29 is 14.4 Å². The SMILES string of the molecule is CCC1C(=O)NC(=O)N(c2cc(Cl)c(C)cc2Br)C1=O. The first-order valence-corrected chi connectivity index (χ1v) is 7.18. The maximum Gasteiger partial charge on any atom is 0.335 e. The molecular weight excluding hydrogens is 348 g/mol.